The molecule has 1 aromatic carbocycles. The quantitative estimate of drug-likeness (QED) is 0.761. The van der Waals surface area contributed by atoms with E-state index in [9.17, 15) is 5.11 Å². The Balaban J connectivity index is 1.42. The molecule has 4 heterocycles. The van der Waals surface area contributed by atoms with Gasteiger partial charge in [0.05, 0.1) is 12.8 Å². The van der Waals surface area contributed by atoms with Gasteiger partial charge in [0, 0.05) is 70.9 Å². The largest absolute Gasteiger partial charge is 0.504 e. The van der Waals surface area contributed by atoms with Gasteiger partial charge in [-0.2, -0.15) is 4.98 Å². The first-order chi connectivity index (χ1) is 15.6. The van der Waals surface area contributed by atoms with E-state index in [-0.39, 0.29) is 5.75 Å². The van der Waals surface area contributed by atoms with Gasteiger partial charge in [0.1, 0.15) is 5.82 Å². The van der Waals surface area contributed by atoms with Crippen molar-refractivity contribution in [2.75, 3.05) is 69.8 Å². The first-order valence-electron chi connectivity index (χ1n) is 11.8. The molecule has 1 N–H and O–H groups in total. The third-order valence-corrected chi connectivity index (χ3v) is 6.95. The molecule has 0 amide bonds. The molecular weight excluding hydrogens is 404 g/mol. The molecule has 32 heavy (non-hydrogen) atoms. The minimum absolute atomic E-state index is 0.181. The normalized spacial score (nSPS) is 19.9. The van der Waals surface area contributed by atoms with Crippen molar-refractivity contribution in [3.8, 4) is 11.5 Å². The van der Waals surface area contributed by atoms with Crippen molar-refractivity contribution in [3.63, 3.8) is 0 Å². The van der Waals surface area contributed by atoms with Crippen LogP contribution < -0.4 is 14.5 Å². The summed E-state index contributed by atoms with van der Waals surface area (Å²) < 4.78 is 5.30. The number of methoxy groups -OCH3 is 1. The summed E-state index contributed by atoms with van der Waals surface area (Å²) in [6.07, 6.45) is 3.40. The number of phenolic OH excluding ortho intramolecular Hbond substituents is 1. The predicted molar refractivity (Wildman–Crippen MR) is 126 cm³/mol. The van der Waals surface area contributed by atoms with E-state index < -0.39 is 0 Å². The second kappa shape index (κ2) is 9.11. The molecule has 0 spiro atoms. The molecule has 0 saturated carbocycles. The second-order valence-corrected chi connectivity index (χ2v) is 9.22. The van der Waals surface area contributed by atoms with Crippen LogP contribution in [0.3, 0.4) is 0 Å². The van der Waals surface area contributed by atoms with Gasteiger partial charge in [-0.25, -0.2) is 4.98 Å². The molecule has 2 saturated heterocycles. The van der Waals surface area contributed by atoms with Crippen LogP contribution in [0.25, 0.3) is 0 Å². The van der Waals surface area contributed by atoms with Crippen molar-refractivity contribution >= 4 is 11.8 Å². The van der Waals surface area contributed by atoms with Crippen molar-refractivity contribution < 1.29 is 9.84 Å². The number of anilines is 2. The fourth-order valence-electron chi connectivity index (χ4n) is 4.99. The molecule has 5 rings (SSSR count). The van der Waals surface area contributed by atoms with E-state index in [4.69, 9.17) is 14.7 Å². The van der Waals surface area contributed by atoms with Crippen LogP contribution in [0.15, 0.2) is 18.2 Å². The van der Waals surface area contributed by atoms with Crippen molar-refractivity contribution in [3.05, 3.63) is 35.0 Å². The van der Waals surface area contributed by atoms with Gasteiger partial charge in [0.15, 0.2) is 11.5 Å². The summed E-state index contributed by atoms with van der Waals surface area (Å²) in [5.74, 6) is 2.77. The summed E-state index contributed by atoms with van der Waals surface area (Å²) in [7, 11) is 3.78. The molecule has 0 aliphatic carbocycles. The van der Waals surface area contributed by atoms with Crippen LogP contribution in [0.2, 0.25) is 0 Å². The van der Waals surface area contributed by atoms with Crippen molar-refractivity contribution in [1.82, 2.24) is 19.8 Å². The molecule has 1 aromatic heterocycles. The molecule has 0 atom stereocenters. The van der Waals surface area contributed by atoms with Crippen LogP contribution in [0.4, 0.5) is 11.8 Å². The average Bonchev–Trinajstić information content (AvgIpc) is 3.35. The Kier molecular flexibility index (Phi) is 6.06. The Labute approximate surface area is 190 Å². The number of hydrogen-bond donors (Lipinski definition) is 1. The number of hydrogen-bond acceptors (Lipinski definition) is 8. The number of piperazine rings is 1. The SMILES string of the molecule is COc1cc(CN2CCc3nc(N4CCCC4)nc(N4CCN(C)CC4)c3C2)ccc1O. The van der Waals surface area contributed by atoms with E-state index in [0.29, 0.717) is 5.75 Å². The lowest BCUT2D eigenvalue weighted by atomic mass is 10.0. The zero-order valence-corrected chi connectivity index (χ0v) is 19.3. The van der Waals surface area contributed by atoms with E-state index in [1.165, 1.54) is 24.1 Å². The van der Waals surface area contributed by atoms with E-state index in [0.717, 1.165) is 82.7 Å². The average molecular weight is 439 g/mol. The number of likely N-dealkylation sites (N-methyl/N-ethyl adjacent to an activating group) is 1. The summed E-state index contributed by atoms with van der Waals surface area (Å²) in [6, 6.07) is 5.62. The number of phenols is 1. The second-order valence-electron chi connectivity index (χ2n) is 9.22. The van der Waals surface area contributed by atoms with E-state index >= 15 is 0 Å². The molecule has 8 heteroatoms. The lowest BCUT2D eigenvalue weighted by Crippen LogP contribution is -2.46. The summed E-state index contributed by atoms with van der Waals surface area (Å²) >= 11 is 0. The van der Waals surface area contributed by atoms with Gasteiger partial charge >= 0.3 is 0 Å². The first-order valence-corrected chi connectivity index (χ1v) is 11.8. The maximum Gasteiger partial charge on any atom is 0.227 e. The number of benzene rings is 1. The Bertz CT molecular complexity index is 954. The number of fused-ring (bicyclic) bond motifs is 1. The summed E-state index contributed by atoms with van der Waals surface area (Å²) in [5, 5.41) is 9.92. The summed E-state index contributed by atoms with van der Waals surface area (Å²) in [5.41, 5.74) is 3.64. The topological polar surface area (TPSA) is 68.2 Å². The van der Waals surface area contributed by atoms with Crippen LogP contribution in [0.5, 0.6) is 11.5 Å². The zero-order valence-electron chi connectivity index (χ0n) is 19.3. The van der Waals surface area contributed by atoms with Crippen LogP contribution in [0, 0.1) is 0 Å². The third-order valence-electron chi connectivity index (χ3n) is 6.95. The minimum atomic E-state index is 0.181. The molecule has 2 aromatic rings. The maximum absolute atomic E-state index is 9.92. The lowest BCUT2D eigenvalue weighted by Gasteiger charge is -2.37. The van der Waals surface area contributed by atoms with Gasteiger partial charge in [-0.05, 0) is 37.6 Å². The maximum atomic E-state index is 9.92. The van der Waals surface area contributed by atoms with Gasteiger partial charge in [-0.1, -0.05) is 6.07 Å². The highest BCUT2D eigenvalue weighted by atomic mass is 16.5. The number of aromatic nitrogens is 2. The fraction of sp³-hybridized carbons (Fsp3) is 0.583. The number of rotatable bonds is 5. The molecule has 0 radical (unpaired) electrons. The van der Waals surface area contributed by atoms with E-state index in [2.05, 4.69) is 26.6 Å². The number of aromatic hydroxyl groups is 1. The first kappa shape index (κ1) is 21.3. The van der Waals surface area contributed by atoms with Crippen LogP contribution in [-0.4, -0.2) is 84.8 Å². The van der Waals surface area contributed by atoms with Crippen molar-refractivity contribution in [1.29, 1.82) is 0 Å². The molecule has 172 valence electrons. The molecule has 0 bridgehead atoms. The van der Waals surface area contributed by atoms with E-state index in [1.54, 1.807) is 13.2 Å². The summed E-state index contributed by atoms with van der Waals surface area (Å²) in [6.45, 7) is 8.90. The molecular formula is C24H34N6O2. The third kappa shape index (κ3) is 4.34. The molecule has 2 fully saturated rings. The van der Waals surface area contributed by atoms with Gasteiger partial charge in [0.2, 0.25) is 5.95 Å². The lowest BCUT2D eigenvalue weighted by molar-refractivity contribution is 0.242. The highest BCUT2D eigenvalue weighted by molar-refractivity contribution is 5.55. The molecule has 3 aliphatic rings. The molecule has 0 unspecified atom stereocenters. The zero-order chi connectivity index (χ0) is 22.1. The van der Waals surface area contributed by atoms with Gasteiger partial charge in [0.25, 0.3) is 0 Å². The number of nitrogens with zero attached hydrogens (tertiary/aromatic N) is 6. The van der Waals surface area contributed by atoms with Crippen LogP contribution >= 0.6 is 0 Å². The highest BCUT2D eigenvalue weighted by Gasteiger charge is 2.28. The fourth-order valence-corrected chi connectivity index (χ4v) is 4.99. The van der Waals surface area contributed by atoms with Crippen LogP contribution in [-0.2, 0) is 19.5 Å². The smallest absolute Gasteiger partial charge is 0.227 e. The van der Waals surface area contributed by atoms with Crippen LogP contribution in [0.1, 0.15) is 29.7 Å². The van der Waals surface area contributed by atoms with Crippen molar-refractivity contribution in [2.24, 2.45) is 0 Å². The summed E-state index contributed by atoms with van der Waals surface area (Å²) in [4.78, 5) is 19.8. The standard InChI is InChI=1S/C24H34N6O2/c1-27-11-13-29(14-12-27)23-19-17-28(16-18-5-6-21(31)22(15-18)32-2)10-7-20(19)25-24(26-23)30-8-3-4-9-30/h5-6,15,31H,3-4,7-14,16-17H2,1-2H3. The Hall–Kier alpha value is -2.58. The molecule has 8 nitrogen and oxygen atoms in total. The van der Waals surface area contributed by atoms with Gasteiger partial charge in [-0.15, -0.1) is 0 Å². The minimum Gasteiger partial charge on any atom is -0.504 e. The Morgan fingerprint density at radius 2 is 1.75 bits per heavy atom. The van der Waals surface area contributed by atoms with Gasteiger partial charge < -0.3 is 24.5 Å². The van der Waals surface area contributed by atoms with E-state index in [1.807, 2.05) is 12.1 Å². The van der Waals surface area contributed by atoms with Crippen molar-refractivity contribution in [2.45, 2.75) is 32.4 Å². The predicted octanol–water partition coefficient (Wildman–Crippen LogP) is 2.10. The Morgan fingerprint density at radius 1 is 0.969 bits per heavy atom. The van der Waals surface area contributed by atoms with Gasteiger partial charge in [-0.3, -0.25) is 4.90 Å². The number of ether oxygens (including phenoxy) is 1. The Morgan fingerprint density at radius 3 is 2.50 bits per heavy atom. The highest BCUT2D eigenvalue weighted by Crippen LogP contribution is 2.32. The molecule has 3 aliphatic heterocycles. The monoisotopic (exact) mass is 438 g/mol.